The molecule has 0 fully saturated rings. The number of aryl methyl sites for hydroxylation is 1. The monoisotopic (exact) mass is 361 g/mol. The van der Waals surface area contributed by atoms with Crippen LogP contribution in [0.2, 0.25) is 0 Å². The van der Waals surface area contributed by atoms with E-state index in [1.54, 1.807) is 6.20 Å². The molecule has 0 atom stereocenters. The van der Waals surface area contributed by atoms with E-state index in [0.717, 1.165) is 25.6 Å². The molecule has 0 aliphatic carbocycles. The number of hydrogen-bond donors (Lipinski definition) is 1. The molecule has 1 aromatic heterocycles. The standard InChI is InChI=1S/C16H12INO/c1-10-6-7-11-13(9-18-15(11)8-10)16(19)12-4-2-3-5-14(12)17/h2-9,18H,1H3. The Balaban J connectivity index is 2.15. The van der Waals surface area contributed by atoms with E-state index in [9.17, 15) is 4.79 Å². The van der Waals surface area contributed by atoms with Crippen LogP contribution in [0.4, 0.5) is 0 Å². The Bertz CT molecular complexity index is 773. The van der Waals surface area contributed by atoms with Crippen molar-refractivity contribution in [3.8, 4) is 0 Å². The van der Waals surface area contributed by atoms with Crippen LogP contribution in [0.3, 0.4) is 0 Å². The molecular formula is C16H12INO. The minimum absolute atomic E-state index is 0.0695. The molecule has 3 heteroatoms. The Hall–Kier alpha value is -1.62. The van der Waals surface area contributed by atoms with Crippen LogP contribution in [0.15, 0.2) is 48.7 Å². The first kappa shape index (κ1) is 12.4. The highest BCUT2D eigenvalue weighted by molar-refractivity contribution is 14.1. The summed E-state index contributed by atoms with van der Waals surface area (Å²) >= 11 is 2.20. The van der Waals surface area contributed by atoms with Gasteiger partial charge in [0.05, 0.1) is 0 Å². The zero-order valence-corrected chi connectivity index (χ0v) is 12.6. The molecule has 0 unspecified atom stereocenters. The topological polar surface area (TPSA) is 32.9 Å². The Morgan fingerprint density at radius 2 is 1.89 bits per heavy atom. The van der Waals surface area contributed by atoms with Gasteiger partial charge in [0.15, 0.2) is 5.78 Å². The van der Waals surface area contributed by atoms with E-state index in [0.29, 0.717) is 0 Å². The Morgan fingerprint density at radius 3 is 2.68 bits per heavy atom. The summed E-state index contributed by atoms with van der Waals surface area (Å²) in [6.45, 7) is 2.04. The maximum absolute atomic E-state index is 12.6. The highest BCUT2D eigenvalue weighted by atomic mass is 127. The molecule has 0 radical (unpaired) electrons. The molecule has 1 heterocycles. The first-order valence-electron chi connectivity index (χ1n) is 6.04. The maximum atomic E-state index is 12.6. The van der Waals surface area contributed by atoms with Gasteiger partial charge in [0, 0.05) is 31.8 Å². The first-order chi connectivity index (χ1) is 9.16. The van der Waals surface area contributed by atoms with E-state index >= 15 is 0 Å². The summed E-state index contributed by atoms with van der Waals surface area (Å²) in [6, 6.07) is 13.8. The Labute approximate surface area is 125 Å². The second kappa shape index (κ2) is 4.81. The van der Waals surface area contributed by atoms with Crippen molar-refractivity contribution in [3.63, 3.8) is 0 Å². The van der Waals surface area contributed by atoms with Gasteiger partial charge >= 0.3 is 0 Å². The average molecular weight is 361 g/mol. The molecule has 0 saturated heterocycles. The molecule has 0 aliphatic rings. The lowest BCUT2D eigenvalue weighted by Crippen LogP contribution is -2.02. The van der Waals surface area contributed by atoms with Gasteiger partial charge in [-0.25, -0.2) is 0 Å². The van der Waals surface area contributed by atoms with E-state index in [2.05, 4.69) is 33.6 Å². The van der Waals surface area contributed by atoms with Crippen LogP contribution in [0.1, 0.15) is 21.5 Å². The van der Waals surface area contributed by atoms with Gasteiger partial charge in [-0.2, -0.15) is 0 Å². The van der Waals surface area contributed by atoms with Crippen molar-refractivity contribution in [1.29, 1.82) is 0 Å². The fourth-order valence-electron chi connectivity index (χ4n) is 2.22. The largest absolute Gasteiger partial charge is 0.360 e. The molecule has 0 spiro atoms. The molecule has 1 N–H and O–H groups in total. The van der Waals surface area contributed by atoms with Crippen molar-refractivity contribution in [2.45, 2.75) is 6.92 Å². The van der Waals surface area contributed by atoms with Gasteiger partial charge in [-0.05, 0) is 53.3 Å². The van der Waals surface area contributed by atoms with Crippen molar-refractivity contribution in [2.75, 3.05) is 0 Å². The summed E-state index contributed by atoms with van der Waals surface area (Å²) in [4.78, 5) is 15.8. The van der Waals surface area contributed by atoms with Gasteiger partial charge in [0.1, 0.15) is 0 Å². The maximum Gasteiger partial charge on any atom is 0.196 e. The lowest BCUT2D eigenvalue weighted by molar-refractivity contribution is 0.103. The number of halogens is 1. The second-order valence-electron chi connectivity index (χ2n) is 4.56. The molecule has 3 rings (SSSR count). The first-order valence-corrected chi connectivity index (χ1v) is 7.11. The third kappa shape index (κ3) is 2.18. The molecule has 0 saturated carbocycles. The van der Waals surface area contributed by atoms with Crippen LogP contribution in [-0.2, 0) is 0 Å². The fourth-order valence-corrected chi connectivity index (χ4v) is 2.85. The summed E-state index contributed by atoms with van der Waals surface area (Å²) in [7, 11) is 0. The second-order valence-corrected chi connectivity index (χ2v) is 5.72. The highest BCUT2D eigenvalue weighted by Gasteiger charge is 2.16. The number of aromatic amines is 1. The van der Waals surface area contributed by atoms with Crippen molar-refractivity contribution in [1.82, 2.24) is 4.98 Å². The van der Waals surface area contributed by atoms with Gasteiger partial charge in [-0.1, -0.05) is 24.3 Å². The molecule has 2 nitrogen and oxygen atoms in total. The van der Waals surface area contributed by atoms with E-state index < -0.39 is 0 Å². The summed E-state index contributed by atoms with van der Waals surface area (Å²) in [5.41, 5.74) is 3.68. The summed E-state index contributed by atoms with van der Waals surface area (Å²) in [6.07, 6.45) is 1.80. The number of ketones is 1. The van der Waals surface area contributed by atoms with Gasteiger partial charge in [-0.15, -0.1) is 0 Å². The third-order valence-corrected chi connectivity index (χ3v) is 4.14. The average Bonchev–Trinajstić information content (AvgIpc) is 2.81. The predicted molar refractivity (Wildman–Crippen MR) is 85.6 cm³/mol. The highest BCUT2D eigenvalue weighted by Crippen LogP contribution is 2.24. The number of H-pyrrole nitrogens is 1. The molecular weight excluding hydrogens is 349 g/mol. The number of aromatic nitrogens is 1. The number of fused-ring (bicyclic) bond motifs is 1. The molecule has 0 amide bonds. The lowest BCUT2D eigenvalue weighted by atomic mass is 10.0. The predicted octanol–water partition coefficient (Wildman–Crippen LogP) is 4.31. The van der Waals surface area contributed by atoms with Crippen molar-refractivity contribution in [3.05, 3.63) is 68.9 Å². The van der Waals surface area contributed by atoms with E-state index in [1.165, 1.54) is 5.56 Å². The Morgan fingerprint density at radius 1 is 1.11 bits per heavy atom. The van der Waals surface area contributed by atoms with Crippen LogP contribution in [0, 0.1) is 10.5 Å². The molecule has 0 bridgehead atoms. The molecule has 0 aliphatic heterocycles. The number of carbonyl (C=O) groups excluding carboxylic acids is 1. The molecule has 94 valence electrons. The van der Waals surface area contributed by atoms with Crippen LogP contribution >= 0.6 is 22.6 Å². The quantitative estimate of drug-likeness (QED) is 0.536. The van der Waals surface area contributed by atoms with Crippen molar-refractivity contribution in [2.24, 2.45) is 0 Å². The minimum atomic E-state index is 0.0695. The zero-order chi connectivity index (χ0) is 13.4. The van der Waals surface area contributed by atoms with Crippen LogP contribution in [0.25, 0.3) is 10.9 Å². The third-order valence-electron chi connectivity index (χ3n) is 3.20. The number of benzene rings is 2. The lowest BCUT2D eigenvalue weighted by Gasteiger charge is -2.02. The zero-order valence-electron chi connectivity index (χ0n) is 10.4. The minimum Gasteiger partial charge on any atom is -0.360 e. The molecule has 2 aromatic carbocycles. The number of rotatable bonds is 2. The molecule has 3 aromatic rings. The number of hydrogen-bond acceptors (Lipinski definition) is 1. The Kier molecular flexibility index (Phi) is 3.14. The van der Waals surface area contributed by atoms with Crippen LogP contribution < -0.4 is 0 Å². The van der Waals surface area contributed by atoms with Crippen LogP contribution in [0.5, 0.6) is 0 Å². The van der Waals surface area contributed by atoms with Gasteiger partial charge in [0.2, 0.25) is 0 Å². The van der Waals surface area contributed by atoms with Crippen molar-refractivity contribution < 1.29 is 4.79 Å². The number of carbonyl (C=O) groups is 1. The van der Waals surface area contributed by atoms with Crippen LogP contribution in [-0.4, -0.2) is 10.8 Å². The van der Waals surface area contributed by atoms with Crippen molar-refractivity contribution >= 4 is 39.3 Å². The summed E-state index contributed by atoms with van der Waals surface area (Å²) < 4.78 is 0.978. The van der Waals surface area contributed by atoms with E-state index in [-0.39, 0.29) is 5.78 Å². The fraction of sp³-hybridized carbons (Fsp3) is 0.0625. The molecule has 19 heavy (non-hydrogen) atoms. The normalized spacial score (nSPS) is 10.8. The summed E-state index contributed by atoms with van der Waals surface area (Å²) in [5, 5.41) is 0.982. The van der Waals surface area contributed by atoms with Gasteiger partial charge < -0.3 is 4.98 Å². The summed E-state index contributed by atoms with van der Waals surface area (Å²) in [5.74, 6) is 0.0695. The van der Waals surface area contributed by atoms with E-state index in [4.69, 9.17) is 0 Å². The van der Waals surface area contributed by atoms with E-state index in [1.807, 2.05) is 43.3 Å². The SMILES string of the molecule is Cc1ccc2c(C(=O)c3ccccc3I)c[nH]c2c1. The van der Waals surface area contributed by atoms with Gasteiger partial charge in [-0.3, -0.25) is 4.79 Å². The smallest absolute Gasteiger partial charge is 0.196 e. The number of nitrogens with one attached hydrogen (secondary N) is 1. The van der Waals surface area contributed by atoms with Gasteiger partial charge in [0.25, 0.3) is 0 Å².